The van der Waals surface area contributed by atoms with E-state index in [1.54, 1.807) is 18.2 Å². The van der Waals surface area contributed by atoms with Crippen LogP contribution in [0, 0.1) is 17.1 Å². The van der Waals surface area contributed by atoms with Gasteiger partial charge in [0, 0.05) is 5.69 Å². The standard InChI is InChI=1S/C14H8FN3OS/c15-10-5-8(7-16)1-4-12(10)19-14-18-11-3-2-9(17)6-13(11)20-14/h1-6H,17H2. The first-order valence-corrected chi connectivity index (χ1v) is 6.51. The van der Waals surface area contributed by atoms with Gasteiger partial charge in [-0.15, -0.1) is 0 Å². The Morgan fingerprint density at radius 2 is 2.10 bits per heavy atom. The molecule has 2 N–H and O–H groups in total. The Bertz CT molecular complexity index is 838. The number of nitrogens with zero attached hydrogens (tertiary/aromatic N) is 2. The van der Waals surface area contributed by atoms with Gasteiger partial charge in [-0.3, -0.25) is 0 Å². The zero-order valence-corrected chi connectivity index (χ0v) is 10.9. The van der Waals surface area contributed by atoms with Crippen molar-refractivity contribution in [3.63, 3.8) is 0 Å². The lowest BCUT2D eigenvalue weighted by Crippen LogP contribution is -1.88. The fraction of sp³-hybridized carbons (Fsp3) is 0. The number of benzene rings is 2. The Morgan fingerprint density at radius 3 is 2.85 bits per heavy atom. The van der Waals surface area contributed by atoms with Gasteiger partial charge >= 0.3 is 0 Å². The Kier molecular flexibility index (Phi) is 2.97. The number of anilines is 1. The average molecular weight is 285 g/mol. The first kappa shape index (κ1) is 12.4. The van der Waals surface area contributed by atoms with Crippen molar-refractivity contribution >= 4 is 27.2 Å². The monoisotopic (exact) mass is 285 g/mol. The highest BCUT2D eigenvalue weighted by atomic mass is 32.1. The minimum absolute atomic E-state index is 0.0380. The summed E-state index contributed by atoms with van der Waals surface area (Å²) < 4.78 is 20.0. The fourth-order valence-electron chi connectivity index (χ4n) is 1.71. The number of nitrogen functional groups attached to an aromatic ring is 1. The van der Waals surface area contributed by atoms with E-state index >= 15 is 0 Å². The van der Waals surface area contributed by atoms with Crippen molar-refractivity contribution in [2.24, 2.45) is 0 Å². The van der Waals surface area contributed by atoms with E-state index in [4.69, 9.17) is 15.7 Å². The molecule has 0 aliphatic rings. The number of hydrogen-bond acceptors (Lipinski definition) is 5. The van der Waals surface area contributed by atoms with Gasteiger partial charge in [-0.2, -0.15) is 5.26 Å². The highest BCUT2D eigenvalue weighted by Gasteiger charge is 2.10. The van der Waals surface area contributed by atoms with Crippen molar-refractivity contribution in [2.45, 2.75) is 0 Å². The van der Waals surface area contributed by atoms with Crippen LogP contribution in [0.25, 0.3) is 10.2 Å². The van der Waals surface area contributed by atoms with Crippen LogP contribution in [0.4, 0.5) is 10.1 Å². The SMILES string of the molecule is N#Cc1ccc(Oc2nc3ccc(N)cc3s2)c(F)c1. The first-order chi connectivity index (χ1) is 9.65. The van der Waals surface area contributed by atoms with Crippen molar-refractivity contribution in [2.75, 3.05) is 5.73 Å². The smallest absolute Gasteiger partial charge is 0.279 e. The molecule has 0 fully saturated rings. The van der Waals surface area contributed by atoms with Crippen molar-refractivity contribution in [3.8, 4) is 17.0 Å². The van der Waals surface area contributed by atoms with Gasteiger partial charge in [-0.1, -0.05) is 11.3 Å². The molecule has 0 unspecified atom stereocenters. The summed E-state index contributed by atoms with van der Waals surface area (Å²) in [5, 5.41) is 9.01. The molecule has 0 radical (unpaired) electrons. The summed E-state index contributed by atoms with van der Waals surface area (Å²) in [6.07, 6.45) is 0. The summed E-state index contributed by atoms with van der Waals surface area (Å²) in [6.45, 7) is 0. The zero-order chi connectivity index (χ0) is 14.1. The van der Waals surface area contributed by atoms with Crippen molar-refractivity contribution in [3.05, 3.63) is 47.8 Å². The molecule has 4 nitrogen and oxygen atoms in total. The fourth-order valence-corrected chi connectivity index (χ4v) is 2.59. The summed E-state index contributed by atoms with van der Waals surface area (Å²) in [5.74, 6) is -0.557. The second-order valence-corrected chi connectivity index (χ2v) is 5.06. The summed E-state index contributed by atoms with van der Waals surface area (Å²) in [5.41, 5.74) is 7.31. The van der Waals surface area contributed by atoms with Crippen LogP contribution in [-0.4, -0.2) is 4.98 Å². The number of fused-ring (bicyclic) bond motifs is 1. The second-order valence-electron chi connectivity index (χ2n) is 4.07. The molecule has 1 aromatic heterocycles. The maximum Gasteiger partial charge on any atom is 0.279 e. The van der Waals surface area contributed by atoms with Gasteiger partial charge in [0.1, 0.15) is 0 Å². The van der Waals surface area contributed by atoms with Gasteiger partial charge in [0.2, 0.25) is 0 Å². The Labute approximate surface area is 117 Å². The van der Waals surface area contributed by atoms with Crippen LogP contribution < -0.4 is 10.5 Å². The van der Waals surface area contributed by atoms with E-state index in [9.17, 15) is 4.39 Å². The molecule has 0 bridgehead atoms. The second kappa shape index (κ2) is 4.79. The Hall–Kier alpha value is -2.65. The molecule has 0 saturated heterocycles. The van der Waals surface area contributed by atoms with E-state index < -0.39 is 5.82 Å². The first-order valence-electron chi connectivity index (χ1n) is 5.69. The third-order valence-electron chi connectivity index (χ3n) is 2.65. The van der Waals surface area contributed by atoms with Crippen LogP contribution in [0.1, 0.15) is 5.56 Å². The molecule has 3 aromatic rings. The molecular formula is C14H8FN3OS. The van der Waals surface area contributed by atoms with Gasteiger partial charge in [0.05, 0.1) is 21.8 Å². The Morgan fingerprint density at radius 1 is 1.25 bits per heavy atom. The Balaban J connectivity index is 1.95. The number of rotatable bonds is 2. The highest BCUT2D eigenvalue weighted by molar-refractivity contribution is 7.20. The number of nitrogens with two attached hydrogens (primary N) is 1. The van der Waals surface area contributed by atoms with Gasteiger partial charge in [-0.05, 0) is 36.4 Å². The highest BCUT2D eigenvalue weighted by Crippen LogP contribution is 2.33. The zero-order valence-electron chi connectivity index (χ0n) is 10.1. The van der Waals surface area contributed by atoms with E-state index in [0.717, 1.165) is 16.3 Å². The molecule has 20 heavy (non-hydrogen) atoms. The van der Waals surface area contributed by atoms with E-state index in [2.05, 4.69) is 4.98 Å². The molecule has 0 aliphatic heterocycles. The van der Waals surface area contributed by atoms with E-state index in [1.807, 2.05) is 6.07 Å². The molecule has 0 spiro atoms. The number of hydrogen-bond donors (Lipinski definition) is 1. The third-order valence-corrected chi connectivity index (χ3v) is 3.55. The molecule has 0 atom stereocenters. The van der Waals surface area contributed by atoms with E-state index in [0.29, 0.717) is 10.9 Å². The maximum absolute atomic E-state index is 13.7. The largest absolute Gasteiger partial charge is 0.428 e. The predicted molar refractivity (Wildman–Crippen MR) is 75.2 cm³/mol. The summed E-state index contributed by atoms with van der Waals surface area (Å²) in [7, 11) is 0. The summed E-state index contributed by atoms with van der Waals surface area (Å²) in [4.78, 5) is 4.24. The molecule has 0 saturated carbocycles. The number of thiazole rings is 1. The lowest BCUT2D eigenvalue weighted by atomic mass is 10.2. The average Bonchev–Trinajstić information content (AvgIpc) is 2.82. The molecule has 0 amide bonds. The minimum atomic E-state index is -0.595. The topological polar surface area (TPSA) is 71.9 Å². The van der Waals surface area contributed by atoms with Gasteiger partial charge in [0.25, 0.3) is 5.19 Å². The normalized spacial score (nSPS) is 10.4. The van der Waals surface area contributed by atoms with Crippen LogP contribution in [0.5, 0.6) is 10.9 Å². The summed E-state index contributed by atoms with van der Waals surface area (Å²) in [6, 6.07) is 11.2. The van der Waals surface area contributed by atoms with Gasteiger partial charge in [0.15, 0.2) is 11.6 Å². The van der Waals surface area contributed by atoms with Crippen molar-refractivity contribution in [1.82, 2.24) is 4.98 Å². The van der Waals surface area contributed by atoms with Crippen molar-refractivity contribution in [1.29, 1.82) is 5.26 Å². The molecule has 0 aliphatic carbocycles. The molecule has 6 heteroatoms. The maximum atomic E-state index is 13.7. The molecule has 2 aromatic carbocycles. The van der Waals surface area contributed by atoms with Gasteiger partial charge in [-0.25, -0.2) is 9.37 Å². The van der Waals surface area contributed by atoms with Crippen LogP contribution in [0.3, 0.4) is 0 Å². The molecule has 1 heterocycles. The number of aromatic nitrogens is 1. The van der Waals surface area contributed by atoms with E-state index in [1.165, 1.54) is 23.5 Å². The number of ether oxygens (including phenoxy) is 1. The third kappa shape index (κ3) is 2.27. The number of nitriles is 1. The lowest BCUT2D eigenvalue weighted by Gasteiger charge is -2.02. The number of halogens is 1. The minimum Gasteiger partial charge on any atom is -0.428 e. The van der Waals surface area contributed by atoms with Crippen LogP contribution >= 0.6 is 11.3 Å². The van der Waals surface area contributed by atoms with Crippen LogP contribution in [0.15, 0.2) is 36.4 Å². The lowest BCUT2D eigenvalue weighted by molar-refractivity contribution is 0.440. The quantitative estimate of drug-likeness (QED) is 0.729. The van der Waals surface area contributed by atoms with Gasteiger partial charge < -0.3 is 10.5 Å². The summed E-state index contributed by atoms with van der Waals surface area (Å²) >= 11 is 1.28. The van der Waals surface area contributed by atoms with Crippen molar-refractivity contribution < 1.29 is 9.13 Å². The van der Waals surface area contributed by atoms with Crippen LogP contribution in [-0.2, 0) is 0 Å². The molecule has 3 rings (SSSR count). The van der Waals surface area contributed by atoms with Crippen LogP contribution in [0.2, 0.25) is 0 Å². The molecule has 98 valence electrons. The van der Waals surface area contributed by atoms with E-state index in [-0.39, 0.29) is 11.3 Å². The predicted octanol–water partition coefficient (Wildman–Crippen LogP) is 3.68. The molecular weight excluding hydrogens is 277 g/mol.